The molecule has 0 amide bonds. The third kappa shape index (κ3) is 4.85. The molecule has 0 bridgehead atoms. The van der Waals surface area contributed by atoms with Gasteiger partial charge in [0, 0.05) is 12.1 Å². The van der Waals surface area contributed by atoms with E-state index in [4.69, 9.17) is 4.74 Å². The Labute approximate surface area is 127 Å². The molecule has 0 saturated heterocycles. The number of ether oxygens (including phenoxy) is 1. The third-order valence-electron chi connectivity index (χ3n) is 2.66. The number of aromatic amines is 1. The topological polar surface area (TPSA) is 97.2 Å². The Hall–Kier alpha value is -2.41. The fraction of sp³-hybridized carbons (Fsp3) is 0.400. The number of hydrogen-bond acceptors (Lipinski definition) is 6. The van der Waals surface area contributed by atoms with Crippen molar-refractivity contribution in [2.24, 2.45) is 0 Å². The standard InChI is InChI=1S/C15H19N3O4/c1-15(2,3)21-12(19)9-16-8-10-5-4-6-11(7-10)13-17-14(20)22-18-13/h4-7,16H,8-9H2,1-3H3,(H,17,18,20). The SMILES string of the molecule is CC(C)(C)OC(=O)CNCc1cccc(-c2noc(=O)[nH]2)c1. The van der Waals surface area contributed by atoms with Gasteiger partial charge in [-0.15, -0.1) is 0 Å². The first-order valence-electron chi connectivity index (χ1n) is 6.91. The van der Waals surface area contributed by atoms with Crippen LogP contribution in [0, 0.1) is 0 Å². The van der Waals surface area contributed by atoms with Gasteiger partial charge in [-0.25, -0.2) is 4.79 Å². The van der Waals surface area contributed by atoms with Crippen LogP contribution in [0.2, 0.25) is 0 Å². The molecule has 1 heterocycles. The van der Waals surface area contributed by atoms with Gasteiger partial charge in [-0.2, -0.15) is 0 Å². The minimum atomic E-state index is -0.594. The molecular weight excluding hydrogens is 286 g/mol. The van der Waals surface area contributed by atoms with Crippen molar-refractivity contribution in [2.45, 2.75) is 32.9 Å². The molecule has 2 N–H and O–H groups in total. The molecule has 0 aliphatic heterocycles. The van der Waals surface area contributed by atoms with Crippen molar-refractivity contribution in [1.82, 2.24) is 15.5 Å². The average molecular weight is 305 g/mol. The van der Waals surface area contributed by atoms with Crippen molar-refractivity contribution in [1.29, 1.82) is 0 Å². The Morgan fingerprint density at radius 1 is 1.41 bits per heavy atom. The second-order valence-electron chi connectivity index (χ2n) is 5.83. The highest BCUT2D eigenvalue weighted by molar-refractivity contribution is 5.72. The van der Waals surface area contributed by atoms with Gasteiger partial charge in [0.25, 0.3) is 0 Å². The van der Waals surface area contributed by atoms with E-state index in [2.05, 4.69) is 20.0 Å². The van der Waals surface area contributed by atoms with Gasteiger partial charge in [0.15, 0.2) is 5.82 Å². The van der Waals surface area contributed by atoms with Crippen molar-refractivity contribution in [3.8, 4) is 11.4 Å². The molecule has 0 radical (unpaired) electrons. The fourth-order valence-electron chi connectivity index (χ4n) is 1.87. The second-order valence-corrected chi connectivity index (χ2v) is 5.83. The van der Waals surface area contributed by atoms with E-state index in [1.807, 2.05) is 45.0 Å². The van der Waals surface area contributed by atoms with E-state index in [1.165, 1.54) is 0 Å². The van der Waals surface area contributed by atoms with E-state index >= 15 is 0 Å². The van der Waals surface area contributed by atoms with Gasteiger partial charge in [-0.3, -0.25) is 14.3 Å². The number of aromatic nitrogens is 2. The highest BCUT2D eigenvalue weighted by atomic mass is 16.6. The van der Waals surface area contributed by atoms with Crippen LogP contribution < -0.4 is 11.1 Å². The van der Waals surface area contributed by atoms with Gasteiger partial charge >= 0.3 is 11.7 Å². The lowest BCUT2D eigenvalue weighted by Gasteiger charge is -2.19. The number of benzene rings is 1. The van der Waals surface area contributed by atoms with Crippen LogP contribution in [0.4, 0.5) is 0 Å². The molecule has 2 rings (SSSR count). The molecular formula is C15H19N3O4. The summed E-state index contributed by atoms with van der Waals surface area (Å²) in [5, 5.41) is 6.66. The number of rotatable bonds is 5. The predicted molar refractivity (Wildman–Crippen MR) is 80.1 cm³/mol. The first kappa shape index (κ1) is 16.0. The molecule has 22 heavy (non-hydrogen) atoms. The Morgan fingerprint density at radius 2 is 2.18 bits per heavy atom. The summed E-state index contributed by atoms with van der Waals surface area (Å²) in [6, 6.07) is 7.41. The summed E-state index contributed by atoms with van der Waals surface area (Å²) in [5.41, 5.74) is 1.20. The quantitative estimate of drug-likeness (QED) is 0.812. The van der Waals surface area contributed by atoms with Gasteiger partial charge in [-0.1, -0.05) is 23.4 Å². The number of nitrogens with one attached hydrogen (secondary N) is 2. The summed E-state index contributed by atoms with van der Waals surface area (Å²) < 4.78 is 9.69. The maximum atomic E-state index is 11.6. The third-order valence-corrected chi connectivity index (χ3v) is 2.66. The number of esters is 1. The average Bonchev–Trinajstić information content (AvgIpc) is 2.84. The highest BCUT2D eigenvalue weighted by Crippen LogP contribution is 2.15. The second kappa shape index (κ2) is 6.57. The van der Waals surface area contributed by atoms with E-state index in [1.54, 1.807) is 0 Å². The molecule has 2 aromatic rings. The molecule has 0 fully saturated rings. The van der Waals surface area contributed by atoms with Crippen molar-refractivity contribution in [2.75, 3.05) is 6.54 Å². The Morgan fingerprint density at radius 3 is 2.82 bits per heavy atom. The number of hydrogen-bond donors (Lipinski definition) is 2. The van der Waals surface area contributed by atoms with Crippen molar-refractivity contribution >= 4 is 5.97 Å². The minimum absolute atomic E-state index is 0.127. The van der Waals surface area contributed by atoms with Crippen LogP contribution in [0.15, 0.2) is 33.6 Å². The molecule has 7 nitrogen and oxygen atoms in total. The van der Waals surface area contributed by atoms with Crippen molar-refractivity contribution < 1.29 is 14.1 Å². The van der Waals surface area contributed by atoms with Crippen molar-refractivity contribution in [3.05, 3.63) is 40.4 Å². The first-order chi connectivity index (χ1) is 10.3. The zero-order chi connectivity index (χ0) is 16.2. The molecule has 1 aromatic heterocycles. The summed E-state index contributed by atoms with van der Waals surface area (Å²) in [6.45, 7) is 6.10. The number of nitrogens with zero attached hydrogens (tertiary/aromatic N) is 1. The molecule has 0 spiro atoms. The van der Waals surface area contributed by atoms with Crippen LogP contribution in [0.25, 0.3) is 11.4 Å². The molecule has 0 unspecified atom stereocenters. The highest BCUT2D eigenvalue weighted by Gasteiger charge is 2.15. The monoisotopic (exact) mass is 305 g/mol. The number of carbonyl (C=O) groups is 1. The number of carbonyl (C=O) groups excluding carboxylic acids is 1. The molecule has 0 atom stereocenters. The maximum absolute atomic E-state index is 11.6. The van der Waals surface area contributed by atoms with Gasteiger partial charge in [0.2, 0.25) is 0 Å². The van der Waals surface area contributed by atoms with Crippen LogP contribution in [0.5, 0.6) is 0 Å². The van der Waals surface area contributed by atoms with Gasteiger partial charge in [0.05, 0.1) is 6.54 Å². The summed E-state index contributed by atoms with van der Waals surface area (Å²) in [4.78, 5) is 25.0. The Balaban J connectivity index is 1.91. The van der Waals surface area contributed by atoms with Gasteiger partial charge in [0.1, 0.15) is 5.60 Å². The van der Waals surface area contributed by atoms with Crippen LogP contribution in [0.1, 0.15) is 26.3 Å². The summed E-state index contributed by atoms with van der Waals surface area (Å²) >= 11 is 0. The lowest BCUT2D eigenvalue weighted by molar-refractivity contribution is -0.153. The molecule has 7 heteroatoms. The largest absolute Gasteiger partial charge is 0.459 e. The first-order valence-corrected chi connectivity index (χ1v) is 6.91. The van der Waals surface area contributed by atoms with Crippen molar-refractivity contribution in [3.63, 3.8) is 0 Å². The Bertz CT molecular complexity index is 697. The van der Waals surface area contributed by atoms with Crippen LogP contribution >= 0.6 is 0 Å². The molecule has 1 aromatic carbocycles. The smallest absolute Gasteiger partial charge is 0.439 e. The zero-order valence-corrected chi connectivity index (χ0v) is 12.8. The van der Waals surface area contributed by atoms with Crippen LogP contribution in [0.3, 0.4) is 0 Å². The van der Waals surface area contributed by atoms with Gasteiger partial charge < -0.3 is 10.1 Å². The zero-order valence-electron chi connectivity index (χ0n) is 12.8. The summed E-state index contributed by atoms with van der Waals surface area (Å²) in [6.07, 6.45) is 0. The number of H-pyrrole nitrogens is 1. The predicted octanol–water partition coefficient (Wildman–Crippen LogP) is 1.46. The van der Waals surface area contributed by atoms with E-state index in [0.717, 1.165) is 11.1 Å². The lowest BCUT2D eigenvalue weighted by atomic mass is 10.1. The summed E-state index contributed by atoms with van der Waals surface area (Å²) in [7, 11) is 0. The molecule has 0 aliphatic rings. The Kier molecular flexibility index (Phi) is 4.77. The van der Waals surface area contributed by atoms with E-state index in [9.17, 15) is 9.59 Å². The maximum Gasteiger partial charge on any atom is 0.439 e. The normalized spacial score (nSPS) is 11.4. The fourth-order valence-corrected chi connectivity index (χ4v) is 1.87. The summed E-state index contributed by atoms with van der Waals surface area (Å²) in [5.74, 6) is -0.521. The lowest BCUT2D eigenvalue weighted by Crippen LogP contribution is -2.31. The van der Waals surface area contributed by atoms with E-state index < -0.39 is 11.4 Å². The molecule has 0 aliphatic carbocycles. The van der Waals surface area contributed by atoms with E-state index in [0.29, 0.717) is 12.4 Å². The van der Waals surface area contributed by atoms with Gasteiger partial charge in [-0.05, 0) is 32.4 Å². The minimum Gasteiger partial charge on any atom is -0.459 e. The van der Waals surface area contributed by atoms with Crippen LogP contribution in [-0.4, -0.2) is 28.3 Å². The van der Waals surface area contributed by atoms with Crippen LogP contribution in [-0.2, 0) is 16.1 Å². The molecule has 118 valence electrons. The van der Waals surface area contributed by atoms with E-state index in [-0.39, 0.29) is 12.5 Å². The molecule has 0 saturated carbocycles.